The second-order valence-electron chi connectivity index (χ2n) is 10.2. The summed E-state index contributed by atoms with van der Waals surface area (Å²) in [5.74, 6) is -0.197. The molecule has 2 N–H and O–H groups in total. The zero-order chi connectivity index (χ0) is 26.6. The van der Waals surface area contributed by atoms with Crippen LogP contribution in [0.5, 0.6) is 5.75 Å². The van der Waals surface area contributed by atoms with E-state index in [9.17, 15) is 14.4 Å². The highest BCUT2D eigenvalue weighted by Gasteiger charge is 2.34. The van der Waals surface area contributed by atoms with Crippen molar-refractivity contribution in [1.29, 1.82) is 0 Å². The lowest BCUT2D eigenvalue weighted by molar-refractivity contribution is -0.118. The molecule has 0 aliphatic heterocycles. The second-order valence-corrected chi connectivity index (χ2v) is 11.3. The Bertz CT molecular complexity index is 1290. The van der Waals surface area contributed by atoms with Crippen LogP contribution in [0.2, 0.25) is 0 Å². The van der Waals surface area contributed by atoms with Crippen LogP contribution in [0.15, 0.2) is 54.6 Å². The van der Waals surface area contributed by atoms with E-state index in [0.717, 1.165) is 29.7 Å². The number of benzene rings is 2. The maximum absolute atomic E-state index is 13.6. The first kappa shape index (κ1) is 26.4. The number of para-hydroxylation sites is 2. The Morgan fingerprint density at radius 1 is 1.00 bits per heavy atom. The Morgan fingerprint density at radius 3 is 2.41 bits per heavy atom. The monoisotopic (exact) mass is 520 g/mol. The molecule has 2 amide bonds. The SMILES string of the molecule is COC(=O)c1ccccc1NC(=O)c1c(NC(=O)COc2ccccc2)sc2c1CCC(C(C)(C)C)C2. The first-order valence-corrected chi connectivity index (χ1v) is 13.1. The highest BCUT2D eigenvalue weighted by atomic mass is 32.1. The second kappa shape index (κ2) is 11.2. The summed E-state index contributed by atoms with van der Waals surface area (Å²) < 4.78 is 10.5. The Hall–Kier alpha value is -3.65. The molecule has 4 rings (SSSR count). The molecule has 0 fully saturated rings. The summed E-state index contributed by atoms with van der Waals surface area (Å²) in [6.45, 7) is 6.52. The minimum absolute atomic E-state index is 0.135. The molecule has 8 heteroatoms. The number of carbonyl (C=O) groups is 3. The Kier molecular flexibility index (Phi) is 7.97. The van der Waals surface area contributed by atoms with Gasteiger partial charge in [0.05, 0.1) is 23.9 Å². The molecule has 0 saturated carbocycles. The molecule has 0 spiro atoms. The van der Waals surface area contributed by atoms with Gasteiger partial charge < -0.3 is 20.1 Å². The van der Waals surface area contributed by atoms with Crippen LogP contribution in [-0.4, -0.2) is 31.5 Å². The van der Waals surface area contributed by atoms with E-state index in [2.05, 4.69) is 31.4 Å². The Labute approximate surface area is 221 Å². The summed E-state index contributed by atoms with van der Waals surface area (Å²) >= 11 is 1.45. The number of anilines is 2. The number of amides is 2. The number of methoxy groups -OCH3 is 1. The number of esters is 1. The van der Waals surface area contributed by atoms with Gasteiger partial charge in [-0.3, -0.25) is 9.59 Å². The molecule has 1 unspecified atom stereocenters. The molecule has 2 aromatic carbocycles. The summed E-state index contributed by atoms with van der Waals surface area (Å²) in [5.41, 5.74) is 2.15. The van der Waals surface area contributed by atoms with Gasteiger partial charge in [-0.15, -0.1) is 11.3 Å². The highest BCUT2D eigenvalue weighted by Crippen LogP contribution is 2.44. The summed E-state index contributed by atoms with van der Waals surface area (Å²) in [6.07, 6.45) is 2.54. The van der Waals surface area contributed by atoms with E-state index in [1.807, 2.05) is 18.2 Å². The van der Waals surface area contributed by atoms with Crippen LogP contribution in [0.3, 0.4) is 0 Å². The number of carbonyl (C=O) groups excluding carboxylic acids is 3. The van der Waals surface area contributed by atoms with Crippen molar-refractivity contribution in [3.63, 3.8) is 0 Å². The third-order valence-electron chi connectivity index (χ3n) is 6.66. The van der Waals surface area contributed by atoms with Gasteiger partial charge in [0, 0.05) is 4.88 Å². The van der Waals surface area contributed by atoms with E-state index in [4.69, 9.17) is 9.47 Å². The van der Waals surface area contributed by atoms with Crippen LogP contribution in [-0.2, 0) is 22.4 Å². The molecule has 194 valence electrons. The molecule has 0 saturated heterocycles. The molecule has 1 aromatic heterocycles. The van der Waals surface area contributed by atoms with Gasteiger partial charge >= 0.3 is 5.97 Å². The van der Waals surface area contributed by atoms with Crippen molar-refractivity contribution >= 4 is 39.8 Å². The number of ether oxygens (including phenoxy) is 2. The van der Waals surface area contributed by atoms with Crippen LogP contribution in [0.25, 0.3) is 0 Å². The van der Waals surface area contributed by atoms with Crippen molar-refractivity contribution in [2.75, 3.05) is 24.4 Å². The standard InChI is InChI=1S/C29H32N2O5S/c1-29(2,3)18-14-15-21-23(16-18)37-27(31-24(32)17-36-19-10-6-5-7-11-19)25(21)26(33)30-22-13-9-8-12-20(22)28(34)35-4/h5-13,18H,14-17H2,1-4H3,(H,30,33)(H,31,32). The topological polar surface area (TPSA) is 93.7 Å². The molecule has 0 bridgehead atoms. The molecule has 1 heterocycles. The molecule has 0 radical (unpaired) electrons. The first-order valence-electron chi connectivity index (χ1n) is 12.3. The van der Waals surface area contributed by atoms with Crippen LogP contribution >= 0.6 is 11.3 Å². The third kappa shape index (κ3) is 6.20. The van der Waals surface area contributed by atoms with E-state index in [1.54, 1.807) is 36.4 Å². The Balaban J connectivity index is 1.62. The van der Waals surface area contributed by atoms with E-state index in [-0.39, 0.29) is 29.4 Å². The predicted molar refractivity (Wildman–Crippen MR) is 146 cm³/mol. The zero-order valence-corrected chi connectivity index (χ0v) is 22.4. The smallest absolute Gasteiger partial charge is 0.339 e. The lowest BCUT2D eigenvalue weighted by Gasteiger charge is -2.33. The van der Waals surface area contributed by atoms with E-state index >= 15 is 0 Å². The zero-order valence-electron chi connectivity index (χ0n) is 21.6. The summed E-state index contributed by atoms with van der Waals surface area (Å²) in [7, 11) is 1.30. The van der Waals surface area contributed by atoms with Crippen molar-refractivity contribution in [2.45, 2.75) is 40.0 Å². The van der Waals surface area contributed by atoms with E-state index in [0.29, 0.717) is 27.9 Å². The van der Waals surface area contributed by atoms with E-state index < -0.39 is 5.97 Å². The predicted octanol–water partition coefficient (Wildman–Crippen LogP) is 5.96. The minimum atomic E-state index is -0.539. The molecular formula is C29H32N2O5S. The summed E-state index contributed by atoms with van der Waals surface area (Å²) in [4.78, 5) is 39.8. The molecule has 1 aliphatic rings. The largest absolute Gasteiger partial charge is 0.484 e. The molecule has 3 aromatic rings. The van der Waals surface area contributed by atoms with Gasteiger partial charge in [0.15, 0.2) is 6.61 Å². The van der Waals surface area contributed by atoms with Crippen molar-refractivity contribution < 1.29 is 23.9 Å². The number of thiophene rings is 1. The lowest BCUT2D eigenvalue weighted by atomic mass is 9.72. The van der Waals surface area contributed by atoms with Crippen LogP contribution < -0.4 is 15.4 Å². The number of hydrogen-bond acceptors (Lipinski definition) is 6. The fraction of sp³-hybridized carbons (Fsp3) is 0.345. The molecular weight excluding hydrogens is 488 g/mol. The van der Waals surface area contributed by atoms with Gasteiger partial charge in [0.2, 0.25) is 0 Å². The average molecular weight is 521 g/mol. The van der Waals surface area contributed by atoms with Crippen LogP contribution in [0, 0.1) is 11.3 Å². The quantitative estimate of drug-likeness (QED) is 0.375. The maximum atomic E-state index is 13.6. The molecule has 1 aliphatic carbocycles. The van der Waals surface area contributed by atoms with E-state index in [1.165, 1.54) is 18.4 Å². The molecule has 7 nitrogen and oxygen atoms in total. The normalized spacial score (nSPS) is 14.9. The highest BCUT2D eigenvalue weighted by molar-refractivity contribution is 7.17. The third-order valence-corrected chi connectivity index (χ3v) is 7.83. The Morgan fingerprint density at radius 2 is 1.70 bits per heavy atom. The van der Waals surface area contributed by atoms with Gasteiger partial charge in [-0.25, -0.2) is 4.79 Å². The number of nitrogens with one attached hydrogen (secondary N) is 2. The lowest BCUT2D eigenvalue weighted by Crippen LogP contribution is -2.27. The van der Waals surface area contributed by atoms with Crippen LogP contribution in [0.4, 0.5) is 10.7 Å². The fourth-order valence-electron chi connectivity index (χ4n) is 4.55. The maximum Gasteiger partial charge on any atom is 0.339 e. The molecule has 1 atom stereocenters. The summed E-state index contributed by atoms with van der Waals surface area (Å²) in [5, 5.41) is 6.28. The van der Waals surface area contributed by atoms with Crippen molar-refractivity contribution in [1.82, 2.24) is 0 Å². The van der Waals surface area contributed by atoms with Gasteiger partial charge in [0.1, 0.15) is 10.8 Å². The minimum Gasteiger partial charge on any atom is -0.484 e. The molecule has 37 heavy (non-hydrogen) atoms. The van der Waals surface area contributed by atoms with Crippen molar-refractivity contribution in [3.05, 3.63) is 76.2 Å². The summed E-state index contributed by atoms with van der Waals surface area (Å²) in [6, 6.07) is 15.8. The number of rotatable bonds is 7. The number of hydrogen-bond donors (Lipinski definition) is 2. The van der Waals surface area contributed by atoms with Gasteiger partial charge in [-0.05, 0) is 60.4 Å². The van der Waals surface area contributed by atoms with Crippen molar-refractivity contribution in [3.8, 4) is 5.75 Å². The fourth-order valence-corrected chi connectivity index (χ4v) is 5.89. The van der Waals surface area contributed by atoms with Gasteiger partial charge in [0.25, 0.3) is 11.8 Å². The first-order chi connectivity index (χ1) is 17.7. The van der Waals surface area contributed by atoms with Crippen molar-refractivity contribution in [2.24, 2.45) is 11.3 Å². The average Bonchev–Trinajstić information content (AvgIpc) is 3.24. The van der Waals surface area contributed by atoms with Crippen LogP contribution in [0.1, 0.15) is 58.3 Å². The van der Waals surface area contributed by atoms with Gasteiger partial charge in [-0.1, -0.05) is 51.1 Å². The van der Waals surface area contributed by atoms with Gasteiger partial charge in [-0.2, -0.15) is 0 Å². The number of fused-ring (bicyclic) bond motifs is 1.